The second kappa shape index (κ2) is 9.45. The normalized spacial score (nSPS) is 18.0. The molecule has 0 radical (unpaired) electrons. The minimum Gasteiger partial charge on any atom is -0.507 e. The number of aliphatic hydroxyl groups is 2. The van der Waals surface area contributed by atoms with Crippen molar-refractivity contribution in [3.8, 4) is 11.5 Å². The van der Waals surface area contributed by atoms with Crippen molar-refractivity contribution in [2.24, 2.45) is 0 Å². The van der Waals surface area contributed by atoms with Gasteiger partial charge >= 0.3 is 0 Å². The van der Waals surface area contributed by atoms with Gasteiger partial charge in [0.2, 0.25) is 0 Å². The number of rotatable bonds is 8. The molecule has 2 aromatic carbocycles. The fraction of sp³-hybridized carbons (Fsp3) is 0.304. The first kappa shape index (κ1) is 21.4. The Morgan fingerprint density at radius 3 is 2.23 bits per heavy atom. The number of ether oxygens (including phenoxy) is 2. The number of carbonyl (C=O) groups excluding carboxylic acids is 2. The Bertz CT molecular complexity index is 933. The van der Waals surface area contributed by atoms with Gasteiger partial charge in [0.05, 0.1) is 25.3 Å². The summed E-state index contributed by atoms with van der Waals surface area (Å²) in [5, 5.41) is 20.2. The number of Topliss-reactive ketones (excluding diaryl/α,β-unsaturated/α-hetero) is 1. The fourth-order valence-corrected chi connectivity index (χ4v) is 3.52. The number of hydrogen-bond acceptors (Lipinski definition) is 6. The van der Waals surface area contributed by atoms with E-state index in [-0.39, 0.29) is 24.5 Å². The molecule has 2 N–H and O–H groups in total. The van der Waals surface area contributed by atoms with E-state index in [1.165, 1.54) is 4.90 Å². The first-order valence-electron chi connectivity index (χ1n) is 9.78. The topological polar surface area (TPSA) is 96.3 Å². The van der Waals surface area contributed by atoms with Crippen LogP contribution < -0.4 is 9.47 Å². The summed E-state index contributed by atoms with van der Waals surface area (Å²) >= 11 is 0. The molecule has 1 fully saturated rings. The summed E-state index contributed by atoms with van der Waals surface area (Å²) in [6, 6.07) is 12.9. The maximum atomic E-state index is 12.8. The summed E-state index contributed by atoms with van der Waals surface area (Å²) in [6.07, 6.45) is 0.322. The largest absolute Gasteiger partial charge is 0.507 e. The zero-order valence-electron chi connectivity index (χ0n) is 17.0. The average Bonchev–Trinajstić information content (AvgIpc) is 3.02. The molecule has 0 aromatic heterocycles. The summed E-state index contributed by atoms with van der Waals surface area (Å²) in [5.74, 6) is -0.415. The van der Waals surface area contributed by atoms with Crippen molar-refractivity contribution in [3.63, 3.8) is 0 Å². The van der Waals surface area contributed by atoms with E-state index in [4.69, 9.17) is 9.47 Å². The lowest BCUT2D eigenvalue weighted by Gasteiger charge is -2.25. The lowest BCUT2D eigenvalue weighted by atomic mass is 9.95. The Morgan fingerprint density at radius 2 is 1.67 bits per heavy atom. The Morgan fingerprint density at radius 1 is 1.03 bits per heavy atom. The van der Waals surface area contributed by atoms with E-state index >= 15 is 0 Å². The highest BCUT2D eigenvalue weighted by molar-refractivity contribution is 6.46. The second-order valence-corrected chi connectivity index (χ2v) is 6.80. The molecule has 1 atom stereocenters. The molecule has 0 saturated carbocycles. The molecule has 1 unspecified atom stereocenters. The number of amides is 1. The molecule has 1 aliphatic rings. The van der Waals surface area contributed by atoms with Crippen LogP contribution in [-0.2, 0) is 9.59 Å². The molecule has 0 bridgehead atoms. The molecule has 158 valence electrons. The molecule has 7 nitrogen and oxygen atoms in total. The van der Waals surface area contributed by atoms with E-state index in [0.717, 1.165) is 0 Å². The molecule has 1 heterocycles. The van der Waals surface area contributed by atoms with E-state index in [1.807, 2.05) is 6.92 Å². The Balaban J connectivity index is 2.08. The summed E-state index contributed by atoms with van der Waals surface area (Å²) in [7, 11) is 1.55. The monoisotopic (exact) mass is 411 g/mol. The van der Waals surface area contributed by atoms with Crippen molar-refractivity contribution in [2.75, 3.05) is 26.9 Å². The number of aliphatic hydroxyl groups excluding tert-OH is 2. The molecule has 1 amide bonds. The number of likely N-dealkylation sites (tertiary alicyclic amines) is 1. The second-order valence-electron chi connectivity index (χ2n) is 6.80. The van der Waals surface area contributed by atoms with Gasteiger partial charge in [-0.3, -0.25) is 9.59 Å². The van der Waals surface area contributed by atoms with Crippen molar-refractivity contribution >= 4 is 17.4 Å². The number of methoxy groups -OCH3 is 1. The zero-order chi connectivity index (χ0) is 21.7. The van der Waals surface area contributed by atoms with Gasteiger partial charge in [0.15, 0.2) is 0 Å². The summed E-state index contributed by atoms with van der Waals surface area (Å²) in [6.45, 7) is 2.46. The van der Waals surface area contributed by atoms with Crippen molar-refractivity contribution in [1.82, 2.24) is 4.90 Å². The highest BCUT2D eigenvalue weighted by Crippen LogP contribution is 2.40. The maximum absolute atomic E-state index is 12.8. The molecule has 0 aliphatic carbocycles. The van der Waals surface area contributed by atoms with Crippen LogP contribution in [0.3, 0.4) is 0 Å². The third kappa shape index (κ3) is 4.16. The Labute approximate surface area is 175 Å². The van der Waals surface area contributed by atoms with Gasteiger partial charge < -0.3 is 24.6 Å². The standard InChI is InChI=1S/C23H25NO6/c1-3-30-18-11-7-16(8-12-18)21(26)19-20(15-5-9-17(29-2)10-6-15)24(13-4-14-25)23(28)22(19)27/h5-12,20,25-26H,3-4,13-14H2,1-2H3/b21-19-. The fourth-order valence-electron chi connectivity index (χ4n) is 3.52. The van der Waals surface area contributed by atoms with Gasteiger partial charge in [0, 0.05) is 18.7 Å². The van der Waals surface area contributed by atoms with Crippen molar-refractivity contribution in [1.29, 1.82) is 0 Å². The van der Waals surface area contributed by atoms with Crippen LogP contribution in [0.15, 0.2) is 54.1 Å². The van der Waals surface area contributed by atoms with Crippen LogP contribution in [0, 0.1) is 0 Å². The lowest BCUT2D eigenvalue weighted by Crippen LogP contribution is -2.31. The van der Waals surface area contributed by atoms with Gasteiger partial charge in [-0.05, 0) is 55.3 Å². The maximum Gasteiger partial charge on any atom is 0.295 e. The van der Waals surface area contributed by atoms with Gasteiger partial charge in [0.1, 0.15) is 17.3 Å². The number of nitrogens with zero attached hydrogens (tertiary/aromatic N) is 1. The molecule has 3 rings (SSSR count). The minimum atomic E-state index is -0.756. The van der Waals surface area contributed by atoms with Gasteiger partial charge in [-0.1, -0.05) is 12.1 Å². The van der Waals surface area contributed by atoms with Crippen LogP contribution in [0.4, 0.5) is 0 Å². The van der Waals surface area contributed by atoms with Crippen molar-refractivity contribution in [2.45, 2.75) is 19.4 Å². The molecule has 0 spiro atoms. The van der Waals surface area contributed by atoms with Crippen LogP contribution in [-0.4, -0.2) is 53.7 Å². The van der Waals surface area contributed by atoms with E-state index in [1.54, 1.807) is 55.6 Å². The predicted molar refractivity (Wildman–Crippen MR) is 111 cm³/mol. The summed E-state index contributed by atoms with van der Waals surface area (Å²) in [4.78, 5) is 26.9. The molecule has 1 aliphatic heterocycles. The van der Waals surface area contributed by atoms with Crippen LogP contribution >= 0.6 is 0 Å². The smallest absolute Gasteiger partial charge is 0.295 e. The number of hydrogen-bond donors (Lipinski definition) is 2. The number of benzene rings is 2. The van der Waals surface area contributed by atoms with Gasteiger partial charge in [0.25, 0.3) is 11.7 Å². The molecule has 7 heteroatoms. The molecule has 2 aromatic rings. The molecular formula is C23H25NO6. The van der Waals surface area contributed by atoms with Crippen LogP contribution in [0.2, 0.25) is 0 Å². The van der Waals surface area contributed by atoms with E-state index in [9.17, 15) is 19.8 Å². The molecule has 30 heavy (non-hydrogen) atoms. The van der Waals surface area contributed by atoms with E-state index in [0.29, 0.717) is 35.7 Å². The minimum absolute atomic E-state index is 0.0206. The quantitative estimate of drug-likeness (QED) is 0.394. The van der Waals surface area contributed by atoms with Gasteiger partial charge in [-0.25, -0.2) is 0 Å². The third-order valence-electron chi connectivity index (χ3n) is 4.97. The summed E-state index contributed by atoms with van der Waals surface area (Å²) in [5.41, 5.74) is 1.10. The first-order valence-corrected chi connectivity index (χ1v) is 9.78. The highest BCUT2D eigenvalue weighted by atomic mass is 16.5. The van der Waals surface area contributed by atoms with Crippen LogP contribution in [0.1, 0.15) is 30.5 Å². The predicted octanol–water partition coefficient (Wildman–Crippen LogP) is 2.90. The van der Waals surface area contributed by atoms with Crippen molar-refractivity contribution in [3.05, 3.63) is 65.2 Å². The Kier molecular flexibility index (Phi) is 6.74. The summed E-state index contributed by atoms with van der Waals surface area (Å²) < 4.78 is 10.6. The van der Waals surface area contributed by atoms with Crippen LogP contribution in [0.5, 0.6) is 11.5 Å². The van der Waals surface area contributed by atoms with Crippen molar-refractivity contribution < 1.29 is 29.3 Å². The highest BCUT2D eigenvalue weighted by Gasteiger charge is 2.45. The first-order chi connectivity index (χ1) is 14.5. The lowest BCUT2D eigenvalue weighted by molar-refractivity contribution is -0.140. The van der Waals surface area contributed by atoms with Crippen LogP contribution in [0.25, 0.3) is 5.76 Å². The van der Waals surface area contributed by atoms with Gasteiger partial charge in [-0.2, -0.15) is 0 Å². The SMILES string of the molecule is CCOc1ccc(/C(O)=C2/C(=O)C(=O)N(CCCO)C2c2ccc(OC)cc2)cc1. The molecule has 1 saturated heterocycles. The third-order valence-corrected chi connectivity index (χ3v) is 4.97. The molecular weight excluding hydrogens is 386 g/mol. The van der Waals surface area contributed by atoms with Gasteiger partial charge in [-0.15, -0.1) is 0 Å². The Hall–Kier alpha value is -3.32. The van der Waals surface area contributed by atoms with E-state index in [2.05, 4.69) is 0 Å². The zero-order valence-corrected chi connectivity index (χ0v) is 17.0. The average molecular weight is 411 g/mol. The number of ketones is 1. The number of carbonyl (C=O) groups is 2. The van der Waals surface area contributed by atoms with E-state index < -0.39 is 17.7 Å².